The van der Waals surface area contributed by atoms with Crippen molar-refractivity contribution in [2.45, 2.75) is 19.6 Å². The quantitative estimate of drug-likeness (QED) is 0.786. The van der Waals surface area contributed by atoms with Gasteiger partial charge in [-0.1, -0.05) is 12.1 Å². The molecule has 0 spiro atoms. The second-order valence-corrected chi connectivity index (χ2v) is 5.38. The fraction of sp³-hybridized carbons (Fsp3) is 0.278. The highest BCUT2D eigenvalue weighted by molar-refractivity contribution is 5.75. The van der Waals surface area contributed by atoms with Crippen molar-refractivity contribution in [1.29, 1.82) is 0 Å². The van der Waals surface area contributed by atoms with Gasteiger partial charge < -0.3 is 19.1 Å². The van der Waals surface area contributed by atoms with Crippen molar-refractivity contribution in [3.63, 3.8) is 0 Å². The summed E-state index contributed by atoms with van der Waals surface area (Å²) in [5, 5.41) is 10.7. The van der Waals surface area contributed by atoms with Gasteiger partial charge in [-0.2, -0.15) is 0 Å². The predicted molar refractivity (Wildman–Crippen MR) is 89.0 cm³/mol. The average Bonchev–Trinajstić information content (AvgIpc) is 2.90. The van der Waals surface area contributed by atoms with Gasteiger partial charge in [0, 0.05) is 5.56 Å². The van der Waals surface area contributed by atoms with E-state index >= 15 is 0 Å². The molecule has 23 heavy (non-hydrogen) atoms. The Morgan fingerprint density at radius 3 is 2.65 bits per heavy atom. The third-order valence-electron chi connectivity index (χ3n) is 4.00. The number of para-hydroxylation sites is 2. The normalized spacial score (nSPS) is 12.3. The van der Waals surface area contributed by atoms with Gasteiger partial charge in [0.15, 0.2) is 0 Å². The summed E-state index contributed by atoms with van der Waals surface area (Å²) < 4.78 is 12.6. The van der Waals surface area contributed by atoms with Crippen molar-refractivity contribution in [2.24, 2.45) is 0 Å². The molecule has 0 aliphatic carbocycles. The molecule has 1 atom stereocenters. The second kappa shape index (κ2) is 6.30. The summed E-state index contributed by atoms with van der Waals surface area (Å²) >= 11 is 0. The highest BCUT2D eigenvalue weighted by Crippen LogP contribution is 2.31. The number of fused-ring (bicyclic) bond motifs is 1. The molecule has 0 saturated carbocycles. The SMILES string of the molecule is COc1ccc(OC)c(C(O)Cn2c(C)nc3ccccc32)c1. The molecule has 0 radical (unpaired) electrons. The number of rotatable bonds is 5. The Balaban J connectivity index is 1.97. The first-order valence-corrected chi connectivity index (χ1v) is 7.46. The summed E-state index contributed by atoms with van der Waals surface area (Å²) in [4.78, 5) is 4.53. The highest BCUT2D eigenvalue weighted by atomic mass is 16.5. The zero-order valence-corrected chi connectivity index (χ0v) is 13.5. The van der Waals surface area contributed by atoms with Crippen LogP contribution in [0.1, 0.15) is 17.5 Å². The third-order valence-corrected chi connectivity index (χ3v) is 4.00. The van der Waals surface area contributed by atoms with E-state index in [2.05, 4.69) is 4.98 Å². The van der Waals surface area contributed by atoms with E-state index in [0.29, 0.717) is 23.6 Å². The summed E-state index contributed by atoms with van der Waals surface area (Å²) in [6, 6.07) is 13.3. The minimum Gasteiger partial charge on any atom is -0.497 e. The standard InChI is InChI=1S/C18H20N2O3/c1-12-19-15-6-4-5-7-16(15)20(12)11-17(21)14-10-13(22-2)8-9-18(14)23-3/h4-10,17,21H,11H2,1-3H3. The van der Waals surface area contributed by atoms with Crippen molar-refractivity contribution in [2.75, 3.05) is 14.2 Å². The molecular weight excluding hydrogens is 292 g/mol. The maximum atomic E-state index is 10.7. The fourth-order valence-corrected chi connectivity index (χ4v) is 2.80. The van der Waals surface area contributed by atoms with Gasteiger partial charge in [0.2, 0.25) is 0 Å². The maximum Gasteiger partial charge on any atom is 0.124 e. The molecule has 1 heterocycles. The van der Waals surface area contributed by atoms with Crippen LogP contribution in [0.4, 0.5) is 0 Å². The molecular formula is C18H20N2O3. The number of benzene rings is 2. The summed E-state index contributed by atoms with van der Waals surface area (Å²) in [7, 11) is 3.20. The zero-order valence-electron chi connectivity index (χ0n) is 13.5. The van der Waals surface area contributed by atoms with Crippen LogP contribution < -0.4 is 9.47 Å². The van der Waals surface area contributed by atoms with Gasteiger partial charge in [-0.25, -0.2) is 4.98 Å². The monoisotopic (exact) mass is 312 g/mol. The zero-order chi connectivity index (χ0) is 16.4. The van der Waals surface area contributed by atoms with Crippen molar-refractivity contribution < 1.29 is 14.6 Å². The second-order valence-electron chi connectivity index (χ2n) is 5.38. The van der Waals surface area contributed by atoms with Crippen LogP contribution in [0, 0.1) is 6.92 Å². The Labute approximate surface area is 135 Å². The van der Waals surface area contributed by atoms with Crippen molar-refractivity contribution in [1.82, 2.24) is 9.55 Å². The molecule has 1 unspecified atom stereocenters. The Kier molecular flexibility index (Phi) is 4.21. The number of imidazole rings is 1. The van der Waals surface area contributed by atoms with Crippen LogP contribution in [0.3, 0.4) is 0 Å². The van der Waals surface area contributed by atoms with Crippen LogP contribution in [-0.4, -0.2) is 28.9 Å². The first-order chi connectivity index (χ1) is 11.1. The van der Waals surface area contributed by atoms with Crippen molar-refractivity contribution in [3.05, 3.63) is 53.9 Å². The molecule has 0 bridgehead atoms. The maximum absolute atomic E-state index is 10.7. The molecule has 3 aromatic rings. The van der Waals surface area contributed by atoms with E-state index in [-0.39, 0.29) is 0 Å². The van der Waals surface area contributed by atoms with Gasteiger partial charge in [-0.15, -0.1) is 0 Å². The predicted octanol–water partition coefficient (Wildman–Crippen LogP) is 3.10. The van der Waals surface area contributed by atoms with E-state index in [0.717, 1.165) is 16.9 Å². The Bertz CT molecular complexity index is 826. The number of aromatic nitrogens is 2. The molecule has 2 aromatic carbocycles. The topological polar surface area (TPSA) is 56.5 Å². The highest BCUT2D eigenvalue weighted by Gasteiger charge is 2.17. The lowest BCUT2D eigenvalue weighted by molar-refractivity contribution is 0.153. The minimum atomic E-state index is -0.726. The van der Waals surface area contributed by atoms with E-state index in [4.69, 9.17) is 9.47 Å². The molecule has 0 aliphatic rings. The lowest BCUT2D eigenvalue weighted by Crippen LogP contribution is -2.11. The summed E-state index contributed by atoms with van der Waals surface area (Å²) in [6.45, 7) is 2.34. The first kappa shape index (κ1) is 15.4. The van der Waals surface area contributed by atoms with Crippen LogP contribution in [0.15, 0.2) is 42.5 Å². The summed E-state index contributed by atoms with van der Waals surface area (Å²) in [5.74, 6) is 2.19. The molecule has 0 amide bonds. The van der Waals surface area contributed by atoms with E-state index in [1.165, 1.54) is 0 Å². The van der Waals surface area contributed by atoms with Crippen LogP contribution in [0.5, 0.6) is 11.5 Å². The van der Waals surface area contributed by atoms with Gasteiger partial charge in [-0.3, -0.25) is 0 Å². The van der Waals surface area contributed by atoms with Crippen LogP contribution >= 0.6 is 0 Å². The molecule has 1 aromatic heterocycles. The van der Waals surface area contributed by atoms with Crippen LogP contribution in [0.25, 0.3) is 11.0 Å². The first-order valence-electron chi connectivity index (χ1n) is 7.46. The Hall–Kier alpha value is -2.53. The number of hydrogen-bond donors (Lipinski definition) is 1. The summed E-state index contributed by atoms with van der Waals surface area (Å²) in [6.07, 6.45) is -0.726. The van der Waals surface area contributed by atoms with E-state index in [1.54, 1.807) is 26.4 Å². The molecule has 1 N–H and O–H groups in total. The largest absolute Gasteiger partial charge is 0.497 e. The smallest absolute Gasteiger partial charge is 0.124 e. The number of aliphatic hydroxyl groups excluding tert-OH is 1. The lowest BCUT2D eigenvalue weighted by Gasteiger charge is -2.17. The van der Waals surface area contributed by atoms with E-state index in [1.807, 2.05) is 41.8 Å². The Morgan fingerprint density at radius 1 is 1.13 bits per heavy atom. The van der Waals surface area contributed by atoms with Gasteiger partial charge in [-0.05, 0) is 37.3 Å². The molecule has 3 rings (SSSR count). The number of hydrogen-bond acceptors (Lipinski definition) is 4. The number of ether oxygens (including phenoxy) is 2. The number of nitrogens with zero attached hydrogens (tertiary/aromatic N) is 2. The van der Waals surface area contributed by atoms with Crippen LogP contribution in [0.2, 0.25) is 0 Å². The fourth-order valence-electron chi connectivity index (χ4n) is 2.80. The molecule has 5 nitrogen and oxygen atoms in total. The van der Waals surface area contributed by atoms with E-state index < -0.39 is 6.10 Å². The lowest BCUT2D eigenvalue weighted by atomic mass is 10.1. The van der Waals surface area contributed by atoms with Crippen LogP contribution in [-0.2, 0) is 6.54 Å². The number of aliphatic hydroxyl groups is 1. The average molecular weight is 312 g/mol. The van der Waals surface area contributed by atoms with Gasteiger partial charge >= 0.3 is 0 Å². The molecule has 0 fully saturated rings. The third kappa shape index (κ3) is 2.87. The minimum absolute atomic E-state index is 0.399. The molecule has 0 aliphatic heterocycles. The number of aryl methyl sites for hydroxylation is 1. The molecule has 120 valence electrons. The Morgan fingerprint density at radius 2 is 1.91 bits per heavy atom. The van der Waals surface area contributed by atoms with Crippen molar-refractivity contribution >= 4 is 11.0 Å². The molecule has 0 saturated heterocycles. The molecule has 5 heteroatoms. The number of methoxy groups -OCH3 is 2. The van der Waals surface area contributed by atoms with Crippen molar-refractivity contribution in [3.8, 4) is 11.5 Å². The van der Waals surface area contributed by atoms with Gasteiger partial charge in [0.25, 0.3) is 0 Å². The van der Waals surface area contributed by atoms with E-state index in [9.17, 15) is 5.11 Å². The van der Waals surface area contributed by atoms with Gasteiger partial charge in [0.1, 0.15) is 23.4 Å². The summed E-state index contributed by atoms with van der Waals surface area (Å²) in [5.41, 5.74) is 2.63. The van der Waals surface area contributed by atoms with Gasteiger partial charge in [0.05, 0.1) is 31.8 Å².